The van der Waals surface area contributed by atoms with Gasteiger partial charge in [0.1, 0.15) is 0 Å². The van der Waals surface area contributed by atoms with Crippen molar-refractivity contribution in [3.05, 3.63) is 28.8 Å². The van der Waals surface area contributed by atoms with Crippen LogP contribution in [-0.4, -0.2) is 19.6 Å². The van der Waals surface area contributed by atoms with Gasteiger partial charge in [0.25, 0.3) is 0 Å². The minimum Gasteiger partial charge on any atom is -0.371 e. The van der Waals surface area contributed by atoms with Gasteiger partial charge in [-0.15, -0.1) is 0 Å². The van der Waals surface area contributed by atoms with Crippen molar-refractivity contribution >= 4 is 17.3 Å². The lowest BCUT2D eigenvalue weighted by Gasteiger charge is -2.26. The van der Waals surface area contributed by atoms with Crippen LogP contribution < -0.4 is 10.6 Å². The molecule has 0 radical (unpaired) electrons. The van der Waals surface area contributed by atoms with E-state index in [0.29, 0.717) is 6.54 Å². The third-order valence-corrected chi connectivity index (χ3v) is 4.05. The van der Waals surface area contributed by atoms with E-state index in [0.717, 1.165) is 30.5 Å². The van der Waals surface area contributed by atoms with Crippen LogP contribution in [-0.2, 0) is 6.42 Å². The van der Waals surface area contributed by atoms with Gasteiger partial charge in [-0.1, -0.05) is 24.6 Å². The number of hydrogen-bond donors (Lipinski definition) is 1. The van der Waals surface area contributed by atoms with Crippen LogP contribution in [0.25, 0.3) is 0 Å². The molecule has 2 rings (SSSR count). The van der Waals surface area contributed by atoms with Crippen molar-refractivity contribution in [3.63, 3.8) is 0 Å². The maximum Gasteiger partial charge on any atom is 0.0426 e. The van der Waals surface area contributed by atoms with Crippen molar-refractivity contribution < 1.29 is 0 Å². The molecule has 1 heterocycles. The monoisotopic (exact) mass is 266 g/mol. The van der Waals surface area contributed by atoms with Gasteiger partial charge in [0.15, 0.2) is 0 Å². The number of anilines is 1. The molecule has 1 unspecified atom stereocenters. The molecule has 1 fully saturated rings. The third-order valence-electron chi connectivity index (χ3n) is 3.82. The van der Waals surface area contributed by atoms with E-state index in [4.69, 9.17) is 17.3 Å². The molecule has 0 bridgehead atoms. The Morgan fingerprint density at radius 1 is 1.33 bits per heavy atom. The van der Waals surface area contributed by atoms with Gasteiger partial charge in [0.2, 0.25) is 0 Å². The van der Waals surface area contributed by atoms with Crippen LogP contribution >= 0.6 is 11.6 Å². The first-order chi connectivity index (χ1) is 8.70. The largest absolute Gasteiger partial charge is 0.371 e. The highest BCUT2D eigenvalue weighted by atomic mass is 35.5. The standard InChI is InChI=1S/C15H23ClN2/c1-12-3-2-9-18(10-7-12)15-11-14(16)5-4-13(15)6-8-17/h4-5,11-12H,2-3,6-10,17H2,1H3. The first-order valence-corrected chi connectivity index (χ1v) is 7.32. The Labute approximate surface area is 115 Å². The first-order valence-electron chi connectivity index (χ1n) is 6.94. The fourth-order valence-electron chi connectivity index (χ4n) is 2.70. The zero-order valence-corrected chi connectivity index (χ0v) is 11.9. The highest BCUT2D eigenvalue weighted by Gasteiger charge is 2.16. The molecule has 2 nitrogen and oxygen atoms in total. The molecule has 1 atom stereocenters. The van der Waals surface area contributed by atoms with Crippen LogP contribution in [0.15, 0.2) is 18.2 Å². The topological polar surface area (TPSA) is 29.3 Å². The van der Waals surface area contributed by atoms with Crippen molar-refractivity contribution in [1.29, 1.82) is 0 Å². The maximum atomic E-state index is 6.15. The lowest BCUT2D eigenvalue weighted by atomic mass is 10.0. The van der Waals surface area contributed by atoms with Crippen molar-refractivity contribution in [2.45, 2.75) is 32.6 Å². The molecule has 1 aromatic rings. The van der Waals surface area contributed by atoms with Gasteiger partial charge in [-0.3, -0.25) is 0 Å². The fraction of sp³-hybridized carbons (Fsp3) is 0.600. The number of nitrogens with zero attached hydrogens (tertiary/aromatic N) is 1. The molecule has 3 heteroatoms. The quantitative estimate of drug-likeness (QED) is 0.908. The van der Waals surface area contributed by atoms with Crippen molar-refractivity contribution in [3.8, 4) is 0 Å². The Bertz CT molecular complexity index is 392. The van der Waals surface area contributed by atoms with E-state index in [2.05, 4.69) is 24.0 Å². The normalized spacial score (nSPS) is 20.8. The molecular formula is C15H23ClN2. The molecule has 0 aromatic heterocycles. The second kappa shape index (κ2) is 6.44. The maximum absolute atomic E-state index is 6.15. The van der Waals surface area contributed by atoms with Crippen LogP contribution in [0.4, 0.5) is 5.69 Å². The molecule has 2 N–H and O–H groups in total. The Morgan fingerprint density at radius 3 is 2.94 bits per heavy atom. The molecule has 1 aromatic carbocycles. The zero-order valence-electron chi connectivity index (χ0n) is 11.2. The number of nitrogens with two attached hydrogens (primary N) is 1. The van der Waals surface area contributed by atoms with Gasteiger partial charge in [0, 0.05) is 23.8 Å². The average Bonchev–Trinajstić information content (AvgIpc) is 2.57. The average molecular weight is 267 g/mol. The van der Waals surface area contributed by atoms with E-state index in [1.165, 1.54) is 30.5 Å². The van der Waals surface area contributed by atoms with E-state index in [1.54, 1.807) is 0 Å². The molecule has 100 valence electrons. The summed E-state index contributed by atoms with van der Waals surface area (Å²) in [5.74, 6) is 0.840. The number of rotatable bonds is 3. The van der Waals surface area contributed by atoms with E-state index in [-0.39, 0.29) is 0 Å². The summed E-state index contributed by atoms with van der Waals surface area (Å²) in [5.41, 5.74) is 8.32. The Hall–Kier alpha value is -0.730. The van der Waals surface area contributed by atoms with Gasteiger partial charge in [0.05, 0.1) is 0 Å². The Kier molecular flexibility index (Phi) is 4.90. The summed E-state index contributed by atoms with van der Waals surface area (Å²) in [7, 11) is 0. The molecule has 0 amide bonds. The van der Waals surface area contributed by atoms with E-state index in [9.17, 15) is 0 Å². The predicted octanol–water partition coefficient (Wildman–Crippen LogP) is 3.47. The molecule has 18 heavy (non-hydrogen) atoms. The number of benzene rings is 1. The SMILES string of the molecule is CC1CCCN(c2cc(Cl)ccc2CCN)CC1. The summed E-state index contributed by atoms with van der Waals surface area (Å²) in [6.45, 7) is 5.32. The summed E-state index contributed by atoms with van der Waals surface area (Å²) >= 11 is 6.15. The molecule has 0 saturated carbocycles. The highest BCUT2D eigenvalue weighted by Crippen LogP contribution is 2.28. The smallest absolute Gasteiger partial charge is 0.0426 e. The Morgan fingerprint density at radius 2 is 2.17 bits per heavy atom. The zero-order chi connectivity index (χ0) is 13.0. The lowest BCUT2D eigenvalue weighted by molar-refractivity contribution is 0.521. The summed E-state index contributed by atoms with van der Waals surface area (Å²) < 4.78 is 0. The second-order valence-corrected chi connectivity index (χ2v) is 5.77. The van der Waals surface area contributed by atoms with Crippen molar-refractivity contribution in [2.24, 2.45) is 11.7 Å². The van der Waals surface area contributed by atoms with Crippen LogP contribution in [0, 0.1) is 5.92 Å². The molecular weight excluding hydrogens is 244 g/mol. The van der Waals surface area contributed by atoms with E-state index >= 15 is 0 Å². The molecule has 1 saturated heterocycles. The summed E-state index contributed by atoms with van der Waals surface area (Å²) in [6.07, 6.45) is 4.81. The van der Waals surface area contributed by atoms with Crippen molar-refractivity contribution in [2.75, 3.05) is 24.5 Å². The van der Waals surface area contributed by atoms with Gasteiger partial charge < -0.3 is 10.6 Å². The van der Waals surface area contributed by atoms with Crippen LogP contribution in [0.3, 0.4) is 0 Å². The van der Waals surface area contributed by atoms with Gasteiger partial charge >= 0.3 is 0 Å². The minimum absolute atomic E-state index is 0.693. The van der Waals surface area contributed by atoms with E-state index in [1.807, 2.05) is 6.07 Å². The lowest BCUT2D eigenvalue weighted by Crippen LogP contribution is -2.25. The van der Waals surface area contributed by atoms with Crippen LogP contribution in [0.2, 0.25) is 5.02 Å². The minimum atomic E-state index is 0.693. The third kappa shape index (κ3) is 3.39. The molecule has 1 aliphatic heterocycles. The Balaban J connectivity index is 2.21. The predicted molar refractivity (Wildman–Crippen MR) is 79.4 cm³/mol. The fourth-order valence-corrected chi connectivity index (χ4v) is 2.87. The van der Waals surface area contributed by atoms with Crippen molar-refractivity contribution in [1.82, 2.24) is 0 Å². The highest BCUT2D eigenvalue weighted by molar-refractivity contribution is 6.30. The van der Waals surface area contributed by atoms with Gasteiger partial charge in [-0.05, 0) is 55.8 Å². The first kappa shape index (κ1) is 13.7. The van der Waals surface area contributed by atoms with Gasteiger partial charge in [-0.2, -0.15) is 0 Å². The molecule has 1 aliphatic rings. The van der Waals surface area contributed by atoms with E-state index < -0.39 is 0 Å². The summed E-state index contributed by atoms with van der Waals surface area (Å²) in [6, 6.07) is 6.19. The molecule has 0 spiro atoms. The van der Waals surface area contributed by atoms with Crippen LogP contribution in [0.5, 0.6) is 0 Å². The number of halogens is 1. The second-order valence-electron chi connectivity index (χ2n) is 5.33. The summed E-state index contributed by atoms with van der Waals surface area (Å²) in [5, 5.41) is 0.822. The summed E-state index contributed by atoms with van der Waals surface area (Å²) in [4.78, 5) is 2.49. The molecule has 0 aliphatic carbocycles. The van der Waals surface area contributed by atoms with Crippen LogP contribution in [0.1, 0.15) is 31.7 Å². The number of hydrogen-bond acceptors (Lipinski definition) is 2. The van der Waals surface area contributed by atoms with Gasteiger partial charge in [-0.25, -0.2) is 0 Å².